The van der Waals surface area contributed by atoms with Crippen LogP contribution in [0, 0.1) is 0 Å². The van der Waals surface area contributed by atoms with Gasteiger partial charge in [-0.25, -0.2) is 4.68 Å². The second-order valence-corrected chi connectivity index (χ2v) is 7.65. The highest BCUT2D eigenvalue weighted by molar-refractivity contribution is 6.30. The molecule has 1 fully saturated rings. The van der Waals surface area contributed by atoms with Crippen molar-refractivity contribution in [2.75, 3.05) is 31.2 Å². The van der Waals surface area contributed by atoms with Gasteiger partial charge in [0.2, 0.25) is 0 Å². The Hall–Kier alpha value is -3.22. The summed E-state index contributed by atoms with van der Waals surface area (Å²) in [5.41, 5.74) is 2.46. The summed E-state index contributed by atoms with van der Waals surface area (Å²) in [5.74, 6) is -0.277. The molecule has 1 aromatic heterocycles. The van der Waals surface area contributed by atoms with E-state index >= 15 is 0 Å². The molecule has 1 aliphatic heterocycles. The summed E-state index contributed by atoms with van der Waals surface area (Å²) < 4.78 is 6.74. The molecule has 0 spiro atoms. The number of allylic oxidation sites excluding steroid dienone is 1. The Bertz CT molecular complexity index is 1170. The molecule has 0 N–H and O–H groups in total. The highest BCUT2D eigenvalue weighted by atomic mass is 35.5. The van der Waals surface area contributed by atoms with Crippen molar-refractivity contribution in [3.8, 4) is 11.3 Å². The van der Waals surface area contributed by atoms with Crippen LogP contribution in [0.2, 0.25) is 5.02 Å². The van der Waals surface area contributed by atoms with Crippen molar-refractivity contribution < 1.29 is 9.53 Å². The van der Waals surface area contributed by atoms with Crippen molar-refractivity contribution in [1.82, 2.24) is 9.78 Å². The third kappa shape index (κ3) is 4.60. The Morgan fingerprint density at radius 2 is 1.74 bits per heavy atom. The number of carbonyl (C=O) groups excluding carboxylic acids is 1. The minimum absolute atomic E-state index is 0.277. The molecule has 1 saturated heterocycles. The smallest absolute Gasteiger partial charge is 0.290 e. The Morgan fingerprint density at radius 1 is 1.06 bits per heavy atom. The van der Waals surface area contributed by atoms with Crippen molar-refractivity contribution in [3.63, 3.8) is 0 Å². The van der Waals surface area contributed by atoms with Crippen LogP contribution in [0.25, 0.3) is 17.3 Å². The van der Waals surface area contributed by atoms with Gasteiger partial charge in [-0.1, -0.05) is 60.1 Å². The van der Waals surface area contributed by atoms with Crippen LogP contribution < -0.4 is 10.5 Å². The summed E-state index contributed by atoms with van der Waals surface area (Å²) in [7, 11) is 1.61. The van der Waals surface area contributed by atoms with E-state index in [1.54, 1.807) is 25.3 Å². The molecule has 7 heteroatoms. The van der Waals surface area contributed by atoms with Crippen molar-refractivity contribution in [3.05, 3.63) is 87.2 Å². The lowest BCUT2D eigenvalue weighted by Crippen LogP contribution is -2.42. The van der Waals surface area contributed by atoms with E-state index in [1.165, 1.54) is 10.8 Å². The third-order valence-electron chi connectivity index (χ3n) is 5.14. The van der Waals surface area contributed by atoms with Crippen molar-refractivity contribution in [1.29, 1.82) is 0 Å². The zero-order valence-electron chi connectivity index (χ0n) is 17.1. The van der Waals surface area contributed by atoms with Crippen LogP contribution in [0.4, 0.5) is 5.69 Å². The van der Waals surface area contributed by atoms with Crippen LogP contribution in [0.15, 0.2) is 65.5 Å². The van der Waals surface area contributed by atoms with E-state index in [2.05, 4.69) is 5.10 Å². The lowest BCUT2D eigenvalue weighted by atomic mass is 10.00. The van der Waals surface area contributed by atoms with E-state index < -0.39 is 0 Å². The predicted octanol–water partition coefficient (Wildman–Crippen LogP) is 3.83. The molecular weight excluding hydrogens is 414 g/mol. The van der Waals surface area contributed by atoms with Gasteiger partial charge in [0.05, 0.1) is 18.8 Å². The number of nitrogens with zero attached hydrogens (tertiary/aromatic N) is 3. The number of hydrogen-bond acceptors (Lipinski definition) is 5. The van der Waals surface area contributed by atoms with Gasteiger partial charge in [0.25, 0.3) is 5.56 Å². The number of anilines is 1. The third-order valence-corrected chi connectivity index (χ3v) is 5.39. The van der Waals surface area contributed by atoms with E-state index in [0.29, 0.717) is 48.3 Å². The van der Waals surface area contributed by atoms with Gasteiger partial charge >= 0.3 is 0 Å². The quantitative estimate of drug-likeness (QED) is 0.450. The Kier molecular flexibility index (Phi) is 6.30. The number of benzene rings is 2. The van der Waals surface area contributed by atoms with Crippen LogP contribution in [-0.2, 0) is 11.8 Å². The molecule has 0 bridgehead atoms. The first-order valence-electron chi connectivity index (χ1n) is 10.0. The van der Waals surface area contributed by atoms with Crippen molar-refractivity contribution in [2.45, 2.75) is 0 Å². The summed E-state index contributed by atoms with van der Waals surface area (Å²) in [5, 5.41) is 5.09. The van der Waals surface area contributed by atoms with Gasteiger partial charge in [-0.3, -0.25) is 9.59 Å². The van der Waals surface area contributed by atoms with Crippen LogP contribution >= 0.6 is 11.6 Å². The topological polar surface area (TPSA) is 64.4 Å². The summed E-state index contributed by atoms with van der Waals surface area (Å²) >= 11 is 5.95. The fraction of sp³-hybridized carbons (Fsp3) is 0.208. The first-order chi connectivity index (χ1) is 15.0. The lowest BCUT2D eigenvalue weighted by molar-refractivity contribution is 0.104. The molecule has 2 heterocycles. The van der Waals surface area contributed by atoms with Crippen LogP contribution in [0.5, 0.6) is 0 Å². The van der Waals surface area contributed by atoms with Gasteiger partial charge in [0.15, 0.2) is 5.78 Å². The Balaban J connectivity index is 1.86. The molecule has 0 radical (unpaired) electrons. The minimum Gasteiger partial charge on any atom is -0.378 e. The summed E-state index contributed by atoms with van der Waals surface area (Å²) in [6, 6.07) is 16.6. The standard InChI is InChI=1S/C24H22ClN3O3/c1-27-24(30)23(28-13-15-31-16-14-28)21(22(26-27)18-5-3-2-4-6-18)20(29)12-9-17-7-10-19(25)11-8-17/h2-12H,13-16H2,1H3/b12-9+. The van der Waals surface area contributed by atoms with E-state index in [-0.39, 0.29) is 11.3 Å². The number of aromatic nitrogens is 2. The number of rotatable bonds is 5. The number of morpholine rings is 1. The van der Waals surface area contributed by atoms with E-state index in [0.717, 1.165) is 11.1 Å². The predicted molar refractivity (Wildman–Crippen MR) is 123 cm³/mol. The molecule has 4 rings (SSSR count). The Morgan fingerprint density at radius 3 is 2.42 bits per heavy atom. The molecule has 0 amide bonds. The second-order valence-electron chi connectivity index (χ2n) is 7.22. The van der Waals surface area contributed by atoms with Gasteiger partial charge in [0.1, 0.15) is 11.4 Å². The highest BCUT2D eigenvalue weighted by Gasteiger charge is 2.27. The molecule has 2 aromatic carbocycles. The first-order valence-corrected chi connectivity index (χ1v) is 10.4. The highest BCUT2D eigenvalue weighted by Crippen LogP contribution is 2.28. The number of hydrogen-bond donors (Lipinski definition) is 0. The maximum absolute atomic E-state index is 13.4. The molecule has 0 atom stereocenters. The zero-order valence-corrected chi connectivity index (χ0v) is 17.9. The molecule has 6 nitrogen and oxygen atoms in total. The summed E-state index contributed by atoms with van der Waals surface area (Å²) in [6.07, 6.45) is 3.20. The first kappa shape index (κ1) is 21.0. The monoisotopic (exact) mass is 435 g/mol. The number of aryl methyl sites for hydroxylation is 1. The largest absolute Gasteiger partial charge is 0.378 e. The van der Waals surface area contributed by atoms with Gasteiger partial charge in [-0.15, -0.1) is 0 Å². The second kappa shape index (κ2) is 9.29. The number of carbonyl (C=O) groups is 1. The van der Waals surface area contributed by atoms with E-state index in [9.17, 15) is 9.59 Å². The molecule has 158 valence electrons. The van der Waals surface area contributed by atoms with Crippen molar-refractivity contribution >= 4 is 29.1 Å². The average Bonchev–Trinajstić information content (AvgIpc) is 2.81. The normalized spacial score (nSPS) is 14.2. The fourth-order valence-electron chi connectivity index (χ4n) is 3.56. The molecule has 0 aliphatic carbocycles. The molecule has 1 aliphatic rings. The molecule has 0 saturated carbocycles. The van der Waals surface area contributed by atoms with Crippen molar-refractivity contribution in [2.24, 2.45) is 7.05 Å². The average molecular weight is 436 g/mol. The Labute approximate surface area is 185 Å². The van der Waals surface area contributed by atoms with Gasteiger partial charge in [-0.05, 0) is 23.8 Å². The van der Waals surface area contributed by atoms with Gasteiger partial charge < -0.3 is 9.64 Å². The van der Waals surface area contributed by atoms with Crippen LogP contribution in [-0.4, -0.2) is 41.9 Å². The zero-order chi connectivity index (χ0) is 21.8. The van der Waals surface area contributed by atoms with Crippen LogP contribution in [0.3, 0.4) is 0 Å². The maximum Gasteiger partial charge on any atom is 0.290 e. The molecule has 0 unspecified atom stereocenters. The maximum atomic E-state index is 13.4. The summed E-state index contributed by atoms with van der Waals surface area (Å²) in [6.45, 7) is 2.07. The fourth-order valence-corrected chi connectivity index (χ4v) is 3.68. The van der Waals surface area contributed by atoms with E-state index in [1.807, 2.05) is 47.4 Å². The molecular formula is C24H22ClN3O3. The van der Waals surface area contributed by atoms with Gasteiger partial charge in [0, 0.05) is 30.7 Å². The number of halogens is 1. The minimum atomic E-state index is -0.301. The number of ether oxygens (including phenoxy) is 1. The number of ketones is 1. The summed E-state index contributed by atoms with van der Waals surface area (Å²) in [4.78, 5) is 28.5. The SMILES string of the molecule is Cn1nc(-c2ccccc2)c(C(=O)/C=C/c2ccc(Cl)cc2)c(N2CCOCC2)c1=O. The molecule has 3 aromatic rings. The lowest BCUT2D eigenvalue weighted by Gasteiger charge is -2.30. The van der Waals surface area contributed by atoms with Gasteiger partial charge in [-0.2, -0.15) is 5.10 Å². The molecule has 31 heavy (non-hydrogen) atoms. The van der Waals surface area contributed by atoms with E-state index in [4.69, 9.17) is 16.3 Å². The van der Waals surface area contributed by atoms with Crippen LogP contribution in [0.1, 0.15) is 15.9 Å².